The molecule has 0 amide bonds. The fraction of sp³-hybridized carbons (Fsp3) is 0.529. The average molecular weight is 418 g/mol. The van der Waals surface area contributed by atoms with Gasteiger partial charge in [-0.3, -0.25) is 0 Å². The van der Waals surface area contributed by atoms with Crippen LogP contribution in [-0.4, -0.2) is 8.80 Å². The Hall–Kier alpha value is 0.640. The van der Waals surface area contributed by atoms with E-state index >= 15 is 0 Å². The summed E-state index contributed by atoms with van der Waals surface area (Å²) in [6.45, 7) is 9.27. The molecule has 0 N–H and O–H groups in total. The average Bonchev–Trinajstić information content (AvgIpc) is 2.79. The van der Waals surface area contributed by atoms with Gasteiger partial charge in [-0.25, -0.2) is 0 Å². The predicted octanol–water partition coefficient (Wildman–Crippen LogP) is -1.48. The molecule has 1 saturated heterocycles. The summed E-state index contributed by atoms with van der Waals surface area (Å²) < 4.78 is 0. The van der Waals surface area contributed by atoms with Crippen molar-refractivity contribution in [2.24, 2.45) is 5.92 Å². The van der Waals surface area contributed by atoms with Gasteiger partial charge in [-0.2, -0.15) is 16.8 Å². The molecular weight excluding hydrogens is 394 g/mol. The van der Waals surface area contributed by atoms with Crippen LogP contribution in [0.3, 0.4) is 0 Å². The first kappa shape index (κ1) is 21.6. The molecule has 3 rings (SSSR count). The van der Waals surface area contributed by atoms with Crippen molar-refractivity contribution in [1.29, 1.82) is 0 Å². The molecule has 0 bridgehead atoms. The first-order valence-corrected chi connectivity index (χ1v) is 9.52. The first-order chi connectivity index (χ1) is 8.61. The molecule has 4 heteroatoms. The molecule has 0 aromatic rings. The van der Waals surface area contributed by atoms with Crippen molar-refractivity contribution in [3.8, 4) is 0 Å². The minimum Gasteiger partial charge on any atom is -1.00 e. The zero-order valence-corrected chi connectivity index (χ0v) is 18.4. The molecule has 0 nitrogen and oxygen atoms in total. The Labute approximate surface area is 162 Å². The van der Waals surface area contributed by atoms with Gasteiger partial charge in [0.25, 0.3) is 0 Å². The summed E-state index contributed by atoms with van der Waals surface area (Å²) in [7, 11) is -0.554. The van der Waals surface area contributed by atoms with Crippen LogP contribution in [0.5, 0.6) is 0 Å². The summed E-state index contributed by atoms with van der Waals surface area (Å²) in [4.78, 5) is 0. The van der Waals surface area contributed by atoms with Crippen molar-refractivity contribution in [2.75, 3.05) is 0 Å². The molecule has 2 aliphatic carbocycles. The summed E-state index contributed by atoms with van der Waals surface area (Å²) in [6.07, 6.45) is 8.70. The molecule has 0 saturated carbocycles. The zero-order chi connectivity index (χ0) is 12.9. The maximum atomic E-state index is 3.67. The smallest absolute Gasteiger partial charge is 1.00 e. The van der Waals surface area contributed by atoms with Gasteiger partial charge in [0.05, 0.1) is 0 Å². The second-order valence-electron chi connectivity index (χ2n) is 6.11. The van der Waals surface area contributed by atoms with Crippen LogP contribution in [0.4, 0.5) is 0 Å². The summed E-state index contributed by atoms with van der Waals surface area (Å²) in [6, 6.07) is 3.06. The van der Waals surface area contributed by atoms with E-state index in [9.17, 15) is 0 Å². The quantitative estimate of drug-likeness (QED) is 0.380. The number of halogens is 2. The zero-order valence-electron chi connectivity index (χ0n) is 13.3. The van der Waals surface area contributed by atoms with E-state index in [2.05, 4.69) is 39.8 Å². The van der Waals surface area contributed by atoms with E-state index in [1.165, 1.54) is 35.2 Å². The van der Waals surface area contributed by atoms with Crippen molar-refractivity contribution in [2.45, 2.75) is 52.6 Å². The van der Waals surface area contributed by atoms with Gasteiger partial charge in [0, 0.05) is 8.80 Å². The van der Waals surface area contributed by atoms with Crippen molar-refractivity contribution < 1.29 is 51.0 Å². The second-order valence-corrected chi connectivity index (χ2v) is 9.28. The SMILES string of the molecule is CC1=C(C)C(C)C(C2=[C-]CC=C2[SiH]2CCC2)=C1C.[Cl-].[Cl-].[Zr+3]. The molecule has 1 radical (unpaired) electrons. The van der Waals surface area contributed by atoms with E-state index in [1.54, 1.807) is 16.3 Å². The predicted molar refractivity (Wildman–Crippen MR) is 81.1 cm³/mol. The molecule has 1 unspecified atom stereocenters. The molecule has 1 atom stereocenters. The molecule has 1 heterocycles. The fourth-order valence-electron chi connectivity index (χ4n) is 3.58. The first-order valence-electron chi connectivity index (χ1n) is 7.31. The number of hydrogen-bond acceptors (Lipinski definition) is 0. The van der Waals surface area contributed by atoms with Gasteiger partial charge in [0.15, 0.2) is 0 Å². The van der Waals surface area contributed by atoms with Crippen LogP contribution >= 0.6 is 0 Å². The van der Waals surface area contributed by atoms with Crippen LogP contribution in [0.25, 0.3) is 0 Å². The van der Waals surface area contributed by atoms with E-state index < -0.39 is 8.80 Å². The van der Waals surface area contributed by atoms with Crippen LogP contribution in [0.2, 0.25) is 12.1 Å². The summed E-state index contributed by atoms with van der Waals surface area (Å²) in [5.74, 6) is 0.614. The third kappa shape index (κ3) is 3.60. The standard InChI is InChI=1S/C17H23Si.2ClH.Zr/c1-11-12(2)14(4)17(13(11)3)15-7-5-8-16(15)18-9-6-10-18;;;/h8,13,18H,5-6,9-10H2,1-4H3;2*1H;/q-1;;;+3/p-2. The van der Waals surface area contributed by atoms with E-state index in [1.807, 2.05) is 0 Å². The number of allylic oxidation sites excluding steroid dienone is 8. The topological polar surface area (TPSA) is 0 Å². The van der Waals surface area contributed by atoms with Gasteiger partial charge in [-0.15, -0.1) is 11.6 Å². The molecule has 3 aliphatic rings. The summed E-state index contributed by atoms with van der Waals surface area (Å²) in [5, 5.41) is 1.75. The largest absolute Gasteiger partial charge is 3.00 e. The maximum Gasteiger partial charge on any atom is 3.00 e. The monoisotopic (exact) mass is 415 g/mol. The molecule has 21 heavy (non-hydrogen) atoms. The molecule has 113 valence electrons. The van der Waals surface area contributed by atoms with Crippen LogP contribution in [0.15, 0.2) is 39.1 Å². The van der Waals surface area contributed by atoms with E-state index in [0.717, 1.165) is 6.42 Å². The van der Waals surface area contributed by atoms with Gasteiger partial charge in [-0.05, 0) is 19.8 Å². The van der Waals surface area contributed by atoms with E-state index in [0.29, 0.717) is 5.92 Å². The van der Waals surface area contributed by atoms with Gasteiger partial charge < -0.3 is 24.8 Å². The van der Waals surface area contributed by atoms with Crippen LogP contribution < -0.4 is 24.8 Å². The van der Waals surface area contributed by atoms with Gasteiger partial charge >= 0.3 is 26.2 Å². The Morgan fingerprint density at radius 1 is 1.10 bits per heavy atom. The molecule has 0 spiro atoms. The van der Waals surface area contributed by atoms with Crippen molar-refractivity contribution >= 4 is 8.80 Å². The number of hydrogen-bond donors (Lipinski definition) is 0. The van der Waals surface area contributed by atoms with Crippen molar-refractivity contribution in [3.05, 3.63) is 45.2 Å². The van der Waals surface area contributed by atoms with E-state index in [4.69, 9.17) is 0 Å². The maximum absolute atomic E-state index is 3.67. The Morgan fingerprint density at radius 2 is 1.71 bits per heavy atom. The minimum absolute atomic E-state index is 0. The van der Waals surface area contributed by atoms with Crippen LogP contribution in [0, 0.1) is 12.0 Å². The third-order valence-corrected chi connectivity index (χ3v) is 8.96. The Kier molecular flexibility index (Phi) is 8.74. The van der Waals surface area contributed by atoms with Gasteiger partial charge in [-0.1, -0.05) is 55.5 Å². The molecule has 0 aromatic carbocycles. The van der Waals surface area contributed by atoms with Crippen LogP contribution in [0.1, 0.15) is 40.5 Å². The fourth-order valence-corrected chi connectivity index (χ4v) is 6.13. The van der Waals surface area contributed by atoms with Crippen LogP contribution in [-0.2, 0) is 26.2 Å². The van der Waals surface area contributed by atoms with Crippen molar-refractivity contribution in [3.63, 3.8) is 0 Å². The molecule has 1 fully saturated rings. The Balaban J connectivity index is 0.00000133. The molecular formula is C17H23Cl2SiZr. The normalized spacial score (nSPS) is 24.7. The minimum atomic E-state index is -0.554. The van der Waals surface area contributed by atoms with Gasteiger partial charge in [0.1, 0.15) is 0 Å². The molecule has 1 aliphatic heterocycles. The Bertz CT molecular complexity index is 525. The summed E-state index contributed by atoms with van der Waals surface area (Å²) in [5.41, 5.74) is 7.76. The second kappa shape index (κ2) is 8.48. The van der Waals surface area contributed by atoms with Crippen molar-refractivity contribution in [1.82, 2.24) is 0 Å². The number of rotatable bonds is 2. The Morgan fingerprint density at radius 3 is 2.14 bits per heavy atom. The molecule has 0 aromatic heterocycles. The van der Waals surface area contributed by atoms with Gasteiger partial charge in [0.2, 0.25) is 0 Å². The summed E-state index contributed by atoms with van der Waals surface area (Å²) >= 11 is 0. The third-order valence-electron chi connectivity index (χ3n) is 5.34. The van der Waals surface area contributed by atoms with E-state index in [-0.39, 0.29) is 51.0 Å².